The molecule has 19 heteroatoms. The predicted octanol–water partition coefficient (Wildman–Crippen LogP) is 35.0. The Morgan fingerprint density at radius 2 is 0.787 bits per heavy atom. The van der Waals surface area contributed by atoms with Gasteiger partial charge in [0.2, 0.25) is 17.7 Å². The fraction of sp³-hybridized carbons (Fsp3) is 0.405. The molecule has 11 heterocycles. The molecule has 1 aliphatic heterocycles. The lowest BCUT2D eigenvalue weighted by molar-refractivity contribution is 0.411. The van der Waals surface area contributed by atoms with Gasteiger partial charge in [0.05, 0.1) is 78.6 Å². The number of rotatable bonds is 0. The highest BCUT2D eigenvalue weighted by molar-refractivity contribution is 7.18. The molecule has 0 spiro atoms. The largest absolute Gasteiger partial charge is 0.440 e. The molecule has 2 aliphatic rings. The molecule has 0 saturated carbocycles. The van der Waals surface area contributed by atoms with Crippen LogP contribution < -0.4 is 0 Å². The Hall–Kier alpha value is -13.5. The number of pyridine rings is 1. The Bertz CT molecular complexity index is 7490. The van der Waals surface area contributed by atoms with Crippen LogP contribution in [-0.2, 0) is 89.8 Å². The third-order valence-corrected chi connectivity index (χ3v) is 27.8. The molecule has 10 aromatic carbocycles. The van der Waals surface area contributed by atoms with E-state index in [9.17, 15) is 0 Å². The molecule has 20 aromatic rings. The zero-order valence-electron chi connectivity index (χ0n) is 97.6. The van der Waals surface area contributed by atoms with Gasteiger partial charge < -0.3 is 22.2 Å². The van der Waals surface area contributed by atoms with Crippen LogP contribution in [0.3, 0.4) is 0 Å². The van der Waals surface area contributed by atoms with Gasteiger partial charge in [-0.2, -0.15) is 15.3 Å². The fourth-order valence-electron chi connectivity index (χ4n) is 16.4. The number of hydrogen-bond donors (Lipinski definition) is 0. The number of nitrogens with zero attached hydrogens (tertiary/aromatic N) is 15. The summed E-state index contributed by atoms with van der Waals surface area (Å²) >= 11 is 1.79. The summed E-state index contributed by atoms with van der Waals surface area (Å²) < 4.78 is 28.2. The lowest BCUT2D eigenvalue weighted by Crippen LogP contribution is -2.19. The van der Waals surface area contributed by atoms with Gasteiger partial charge in [0.15, 0.2) is 16.7 Å². The minimum absolute atomic E-state index is 0.0149. The highest BCUT2D eigenvalue weighted by atomic mass is 32.1. The van der Waals surface area contributed by atoms with Crippen molar-refractivity contribution in [2.24, 2.45) is 44.0 Å². The number of imidazole rings is 2. The molecule has 1 aliphatic carbocycles. The highest BCUT2D eigenvalue weighted by Gasteiger charge is 2.29. The second-order valence-corrected chi connectivity index (χ2v) is 52.3. The number of thiazole rings is 1. The maximum atomic E-state index is 5.70. The number of para-hydroxylation sites is 4. The van der Waals surface area contributed by atoms with E-state index in [4.69, 9.17) is 13.3 Å². The molecular formula is C131H167N15O3S. The van der Waals surface area contributed by atoms with E-state index in [-0.39, 0.29) is 54.1 Å². The lowest BCUT2D eigenvalue weighted by atomic mass is 9.85. The van der Waals surface area contributed by atoms with Gasteiger partial charge >= 0.3 is 0 Å². The van der Waals surface area contributed by atoms with E-state index in [1.165, 1.54) is 104 Å². The predicted molar refractivity (Wildman–Crippen MR) is 636 cm³/mol. The molecule has 0 N–H and O–H groups in total. The van der Waals surface area contributed by atoms with Crippen molar-refractivity contribution in [3.63, 3.8) is 0 Å². The summed E-state index contributed by atoms with van der Waals surface area (Å²) in [5.41, 5.74) is 33.4. The number of hydrogen-bond acceptors (Lipinski definition) is 14. The minimum atomic E-state index is -0.0209. The number of allylic oxidation sites excluding steroid dienone is 1. The van der Waals surface area contributed by atoms with Crippen molar-refractivity contribution in [3.05, 3.63) is 345 Å². The van der Waals surface area contributed by atoms with E-state index in [0.29, 0.717) is 5.41 Å². The van der Waals surface area contributed by atoms with Crippen LogP contribution in [0.1, 0.15) is 313 Å². The zero-order valence-corrected chi connectivity index (χ0v) is 98.4. The van der Waals surface area contributed by atoms with E-state index in [1.54, 1.807) is 16.9 Å². The molecule has 0 fully saturated rings. The summed E-state index contributed by atoms with van der Waals surface area (Å²) in [6.45, 7) is 78.4. The number of fused-ring (bicyclic) bond motifs is 11. The van der Waals surface area contributed by atoms with Crippen molar-refractivity contribution in [1.29, 1.82) is 0 Å². The highest BCUT2D eigenvalue weighted by Crippen LogP contribution is 2.40. The van der Waals surface area contributed by atoms with Gasteiger partial charge in [-0.25, -0.2) is 29.9 Å². The van der Waals surface area contributed by atoms with E-state index in [0.717, 1.165) is 97.6 Å². The number of aromatic nitrogens is 14. The summed E-state index contributed by atoms with van der Waals surface area (Å²) in [6.07, 6.45) is 14.3. The smallest absolute Gasteiger partial charge is 0.200 e. The number of aryl methyl sites for hydroxylation is 7. The number of oxazole rings is 3. The van der Waals surface area contributed by atoms with Gasteiger partial charge in [-0.15, -0.1) is 11.3 Å². The maximum absolute atomic E-state index is 5.70. The summed E-state index contributed by atoms with van der Waals surface area (Å²) in [5.74, 6) is 2.41. The van der Waals surface area contributed by atoms with Crippen LogP contribution in [0.15, 0.2) is 279 Å². The van der Waals surface area contributed by atoms with Crippen molar-refractivity contribution in [3.8, 4) is 0 Å². The normalized spacial score (nSPS) is 12.8. The second kappa shape index (κ2) is 45.7. The topological polar surface area (TPSA) is 192 Å². The summed E-state index contributed by atoms with van der Waals surface area (Å²) in [4.78, 5) is 31.5. The Labute approximate surface area is 897 Å². The summed E-state index contributed by atoms with van der Waals surface area (Å²) in [5, 5.41) is 17.8. The van der Waals surface area contributed by atoms with Crippen LogP contribution in [0.4, 0.5) is 5.69 Å². The number of benzene rings is 10. The van der Waals surface area contributed by atoms with Crippen molar-refractivity contribution >= 4 is 122 Å². The Kier molecular flexibility index (Phi) is 35.1. The monoisotopic (exact) mass is 2030 g/mol. The van der Waals surface area contributed by atoms with Crippen molar-refractivity contribution in [1.82, 2.24) is 68.2 Å². The molecule has 790 valence electrons. The fourth-order valence-corrected chi connectivity index (χ4v) is 17.5. The van der Waals surface area contributed by atoms with E-state index in [1.807, 2.05) is 151 Å². The van der Waals surface area contributed by atoms with Crippen molar-refractivity contribution in [2.75, 3.05) is 0 Å². The zero-order chi connectivity index (χ0) is 110. The van der Waals surface area contributed by atoms with Gasteiger partial charge in [0.1, 0.15) is 22.2 Å². The van der Waals surface area contributed by atoms with Crippen LogP contribution in [0.2, 0.25) is 0 Å². The molecule has 18 nitrogen and oxygen atoms in total. The molecule has 0 amide bonds. The second-order valence-electron chi connectivity index (χ2n) is 51.3. The molecule has 0 bridgehead atoms. The van der Waals surface area contributed by atoms with E-state index >= 15 is 0 Å². The van der Waals surface area contributed by atoms with Gasteiger partial charge in [-0.05, 0) is 207 Å². The minimum Gasteiger partial charge on any atom is -0.440 e. The molecular weight excluding hydrogens is 1860 g/mol. The first-order valence-electron chi connectivity index (χ1n) is 52.7. The molecule has 0 unspecified atom stereocenters. The first-order valence-corrected chi connectivity index (χ1v) is 53.5. The van der Waals surface area contributed by atoms with Crippen LogP contribution >= 0.6 is 11.3 Å². The van der Waals surface area contributed by atoms with Gasteiger partial charge in [0, 0.05) is 101 Å². The quantitative estimate of drug-likeness (QED) is 0.140. The SMILES string of the molecule is CC(C)(C)C1=Cc2ccccc2C1.CC(C)(C)C1=Nc2ccccc2C1.CC(C)(C)c1cn2ccccc2n1.CC(C)(C)c1nc2ccccc2o1.CC(C)(C)c1nc2ccccc2s1.Cc1ccc2nc(C(C)(C)C)oc2c1.Cc1ccc2nc(C(C)(C)C)oc2c1.Cc1nn(C)c2ccc(C(C)(C)C)cc12.Cn1cnc2cc(C(C)(C)C)ccc21.Cn1ncc2ccc(C(C)(C)C)cc21.Cn1ncc2ccc(C(C)(C)C)cc21. The van der Waals surface area contributed by atoms with Gasteiger partial charge in [0.25, 0.3) is 0 Å². The molecule has 22 rings (SSSR count). The molecule has 0 radical (unpaired) electrons. The summed E-state index contributed by atoms with van der Waals surface area (Å²) in [6, 6.07) is 77.6. The van der Waals surface area contributed by atoms with Crippen LogP contribution in [0.25, 0.3) is 99.0 Å². The van der Waals surface area contributed by atoms with Crippen molar-refractivity contribution < 1.29 is 13.3 Å². The molecule has 10 aromatic heterocycles. The van der Waals surface area contributed by atoms with Crippen molar-refractivity contribution in [2.45, 2.75) is 311 Å². The summed E-state index contributed by atoms with van der Waals surface area (Å²) in [7, 11) is 7.97. The molecule has 0 atom stereocenters. The van der Waals surface area contributed by atoms with E-state index in [2.05, 4.69) is 462 Å². The maximum Gasteiger partial charge on any atom is 0.200 e. The average molecular weight is 2030 g/mol. The van der Waals surface area contributed by atoms with Crippen LogP contribution in [-0.4, -0.2) is 73.9 Å². The molecule has 150 heavy (non-hydrogen) atoms. The first-order chi connectivity index (χ1) is 69.6. The average Bonchev–Trinajstić information content (AvgIpc) is 1.68. The Morgan fingerprint density at radius 1 is 0.333 bits per heavy atom. The standard InChI is InChI=1S/C13H18N2.C13H16.3C12H16N2.2C12H15NO.C12H15N.C11H14N2.C11H13NO.C11H13NS/c1-9-11-8-10(13(2,3)4)6-7-12(11)15(5)14-9;1-13(2,3)12-8-10-6-4-5-7-11(10)9-12;2*1-12(2,3)10-6-5-9-8-13-14(4)11(9)7-10;1-12(2,3)9-5-6-11-10(7-9)13-8-14(11)4;2*1-8-5-6-9-10(7-8)14-11(13-9)12(2,3)4;1-12(2,3)11-8-9-6-4-5-7-10(9)13-11;1-11(2,3)9-8-13-7-5-4-6-10(13)12-9;2*1-11(2,3)10-12-8-6-4-5-7-9(8)13-10/h6-8H,1-5H3;4-8H,9H2,1-3H3;3*5-8H,1-4H3;2*5-7H,1-4H3;4-7H,8H2,1-3H3;4-8H,1-3H3;2*4-7H,1-3H3. The first kappa shape index (κ1) is 115. The Balaban J connectivity index is 0.000000146. The van der Waals surface area contributed by atoms with Gasteiger partial charge in [-0.3, -0.25) is 19.0 Å². The van der Waals surface area contributed by atoms with Crippen LogP contribution in [0.5, 0.6) is 0 Å². The lowest BCUT2D eigenvalue weighted by Gasteiger charge is -2.19. The van der Waals surface area contributed by atoms with Gasteiger partial charge in [-0.1, -0.05) is 361 Å². The van der Waals surface area contributed by atoms with E-state index < -0.39 is 0 Å². The Morgan fingerprint density at radius 3 is 1.26 bits per heavy atom. The molecule has 0 saturated heterocycles. The van der Waals surface area contributed by atoms with Crippen LogP contribution in [0, 0.1) is 31.6 Å². The third-order valence-electron chi connectivity index (χ3n) is 26.3. The number of aliphatic imine (C=N–C) groups is 1. The third kappa shape index (κ3) is 30.5.